The highest BCUT2D eigenvalue weighted by Crippen LogP contribution is 2.27. The number of ether oxygens (including phenoxy) is 2. The van der Waals surface area contributed by atoms with Crippen LogP contribution in [-0.2, 0) is 17.6 Å². The number of carbonyl (C=O) groups excluding carboxylic acids is 1. The van der Waals surface area contributed by atoms with Crippen molar-refractivity contribution in [2.45, 2.75) is 19.3 Å². The fraction of sp³-hybridized carbons (Fsp3) is 0.435. The van der Waals surface area contributed by atoms with E-state index in [4.69, 9.17) is 9.47 Å². The predicted molar refractivity (Wildman–Crippen MR) is 136 cm³/mol. The van der Waals surface area contributed by atoms with Gasteiger partial charge in [0.1, 0.15) is 0 Å². The molecule has 2 aromatic carbocycles. The molecule has 0 aliphatic heterocycles. The lowest BCUT2D eigenvalue weighted by molar-refractivity contribution is -0.120. The zero-order valence-corrected chi connectivity index (χ0v) is 20.7. The van der Waals surface area contributed by atoms with Gasteiger partial charge in [-0.25, -0.2) is 0 Å². The van der Waals surface area contributed by atoms with E-state index in [0.29, 0.717) is 24.5 Å². The van der Waals surface area contributed by atoms with E-state index in [1.165, 1.54) is 5.56 Å². The maximum absolute atomic E-state index is 12.0. The molecular weight excluding hydrogens is 455 g/mol. The van der Waals surface area contributed by atoms with Crippen LogP contribution in [0.15, 0.2) is 48.5 Å². The Morgan fingerprint density at radius 2 is 1.55 bits per heavy atom. The molecule has 0 aliphatic rings. The Balaban J connectivity index is 0.00000450. The van der Waals surface area contributed by atoms with Crippen molar-refractivity contribution < 1.29 is 14.3 Å². The number of methoxy groups -OCH3 is 2. The van der Waals surface area contributed by atoms with Crippen LogP contribution >= 0.6 is 36.6 Å². The zero-order valence-electron chi connectivity index (χ0n) is 18.2. The van der Waals surface area contributed by atoms with Crippen molar-refractivity contribution in [3.63, 3.8) is 0 Å². The van der Waals surface area contributed by atoms with E-state index in [1.54, 1.807) is 14.2 Å². The van der Waals surface area contributed by atoms with Crippen LogP contribution in [0.4, 0.5) is 0 Å². The van der Waals surface area contributed by atoms with Gasteiger partial charge in [0.25, 0.3) is 0 Å². The minimum Gasteiger partial charge on any atom is -0.493 e. The van der Waals surface area contributed by atoms with Gasteiger partial charge in [-0.2, -0.15) is 11.8 Å². The lowest BCUT2D eigenvalue weighted by Gasteiger charge is -2.10. The highest BCUT2D eigenvalue weighted by atomic mass is 35.5. The third-order valence-corrected chi connectivity index (χ3v) is 5.50. The standard InChI is InChI=1S/C23H32N2O3S.2ClH/c1-27-21-9-8-20(18-22(21)28-2)11-14-25-23(26)12-16-29-17-15-24-13-10-19-6-4-3-5-7-19;;/h3-9,18,24H,10-17H2,1-2H3,(H,25,26);2*1H. The number of amides is 1. The summed E-state index contributed by atoms with van der Waals surface area (Å²) in [4.78, 5) is 12.0. The molecule has 2 N–H and O–H groups in total. The largest absolute Gasteiger partial charge is 0.493 e. The zero-order chi connectivity index (χ0) is 20.7. The Kier molecular flexibility index (Phi) is 17.1. The van der Waals surface area contributed by atoms with Crippen LogP contribution < -0.4 is 20.1 Å². The van der Waals surface area contributed by atoms with Gasteiger partial charge in [0.2, 0.25) is 5.91 Å². The molecule has 174 valence electrons. The monoisotopic (exact) mass is 488 g/mol. The summed E-state index contributed by atoms with van der Waals surface area (Å²) in [7, 11) is 3.25. The molecule has 8 heteroatoms. The Morgan fingerprint density at radius 1 is 0.839 bits per heavy atom. The molecule has 1 amide bonds. The molecule has 0 aliphatic carbocycles. The molecule has 0 unspecified atom stereocenters. The van der Waals surface area contributed by atoms with Crippen molar-refractivity contribution in [2.24, 2.45) is 0 Å². The van der Waals surface area contributed by atoms with E-state index in [-0.39, 0.29) is 30.7 Å². The number of carbonyl (C=O) groups is 1. The molecule has 0 heterocycles. The first-order valence-electron chi connectivity index (χ1n) is 10.0. The second-order valence-electron chi connectivity index (χ2n) is 6.64. The van der Waals surface area contributed by atoms with Gasteiger partial charge < -0.3 is 20.1 Å². The van der Waals surface area contributed by atoms with Gasteiger partial charge in [0.15, 0.2) is 11.5 Å². The Bertz CT molecular complexity index is 736. The second-order valence-corrected chi connectivity index (χ2v) is 7.86. The van der Waals surface area contributed by atoms with Crippen molar-refractivity contribution in [1.82, 2.24) is 10.6 Å². The average molecular weight is 490 g/mol. The molecular formula is C23H34Cl2N2O3S. The van der Waals surface area contributed by atoms with E-state index in [0.717, 1.165) is 43.0 Å². The van der Waals surface area contributed by atoms with E-state index >= 15 is 0 Å². The van der Waals surface area contributed by atoms with Crippen LogP contribution in [0.25, 0.3) is 0 Å². The fourth-order valence-corrected chi connectivity index (χ4v) is 3.71. The van der Waals surface area contributed by atoms with Crippen molar-refractivity contribution in [1.29, 1.82) is 0 Å². The average Bonchev–Trinajstić information content (AvgIpc) is 2.76. The third-order valence-electron chi connectivity index (χ3n) is 4.51. The lowest BCUT2D eigenvalue weighted by Crippen LogP contribution is -2.26. The van der Waals surface area contributed by atoms with Crippen molar-refractivity contribution in [2.75, 3.05) is 45.4 Å². The number of hydrogen-bond acceptors (Lipinski definition) is 5. The highest BCUT2D eigenvalue weighted by Gasteiger charge is 2.05. The summed E-state index contributed by atoms with van der Waals surface area (Å²) in [5.41, 5.74) is 2.47. The van der Waals surface area contributed by atoms with Crippen LogP contribution in [0, 0.1) is 0 Å². The number of nitrogens with one attached hydrogen (secondary N) is 2. The lowest BCUT2D eigenvalue weighted by atomic mass is 10.1. The van der Waals surface area contributed by atoms with Gasteiger partial charge in [-0.05, 0) is 42.6 Å². The van der Waals surface area contributed by atoms with E-state index in [9.17, 15) is 4.79 Å². The molecule has 2 rings (SSSR count). The van der Waals surface area contributed by atoms with Crippen LogP contribution in [-0.4, -0.2) is 51.3 Å². The number of thioether (sulfide) groups is 1. The first-order chi connectivity index (χ1) is 14.2. The van der Waals surface area contributed by atoms with Crippen LogP contribution in [0.1, 0.15) is 17.5 Å². The molecule has 0 radical (unpaired) electrons. The molecule has 0 fully saturated rings. The van der Waals surface area contributed by atoms with Gasteiger partial charge in [-0.1, -0.05) is 36.4 Å². The Hall–Kier alpha value is -1.60. The normalized spacial score (nSPS) is 9.87. The maximum atomic E-state index is 12.0. The topological polar surface area (TPSA) is 59.6 Å². The SMILES string of the molecule is COc1ccc(CCNC(=O)CCSCCNCCc2ccccc2)cc1OC.Cl.Cl. The van der Waals surface area contributed by atoms with Crippen LogP contribution in [0.5, 0.6) is 11.5 Å². The van der Waals surface area contributed by atoms with Gasteiger partial charge in [0.05, 0.1) is 14.2 Å². The fourth-order valence-electron chi connectivity index (χ4n) is 2.88. The summed E-state index contributed by atoms with van der Waals surface area (Å²) in [5, 5.41) is 6.44. The molecule has 31 heavy (non-hydrogen) atoms. The number of rotatable bonds is 14. The number of halogens is 2. The number of hydrogen-bond donors (Lipinski definition) is 2. The summed E-state index contributed by atoms with van der Waals surface area (Å²) in [5.74, 6) is 3.41. The minimum absolute atomic E-state index is 0. The predicted octanol–water partition coefficient (Wildman–Crippen LogP) is 4.16. The summed E-state index contributed by atoms with van der Waals surface area (Å²) in [6.45, 7) is 2.58. The molecule has 0 saturated heterocycles. The van der Waals surface area contributed by atoms with Gasteiger partial charge >= 0.3 is 0 Å². The number of benzene rings is 2. The van der Waals surface area contributed by atoms with E-state index in [1.807, 2.05) is 36.0 Å². The quantitative estimate of drug-likeness (QED) is 0.391. The molecule has 2 aromatic rings. The third kappa shape index (κ3) is 12.1. The minimum atomic E-state index is 0. The smallest absolute Gasteiger partial charge is 0.220 e. The molecule has 5 nitrogen and oxygen atoms in total. The summed E-state index contributed by atoms with van der Waals surface area (Å²) >= 11 is 1.81. The van der Waals surface area contributed by atoms with Crippen molar-refractivity contribution in [3.8, 4) is 11.5 Å². The first kappa shape index (κ1) is 29.4. The molecule has 0 saturated carbocycles. The summed E-state index contributed by atoms with van der Waals surface area (Å²) < 4.78 is 10.5. The molecule has 0 spiro atoms. The maximum Gasteiger partial charge on any atom is 0.220 e. The van der Waals surface area contributed by atoms with Gasteiger partial charge in [-0.3, -0.25) is 4.79 Å². The van der Waals surface area contributed by atoms with Crippen molar-refractivity contribution >= 4 is 42.5 Å². The summed E-state index contributed by atoms with van der Waals surface area (Å²) in [6, 6.07) is 16.3. The molecule has 0 bridgehead atoms. The highest BCUT2D eigenvalue weighted by molar-refractivity contribution is 7.99. The second kappa shape index (κ2) is 18.0. The van der Waals surface area contributed by atoms with Crippen LogP contribution in [0.3, 0.4) is 0 Å². The van der Waals surface area contributed by atoms with Crippen molar-refractivity contribution in [3.05, 3.63) is 59.7 Å². The molecule has 0 atom stereocenters. The van der Waals surface area contributed by atoms with E-state index < -0.39 is 0 Å². The van der Waals surface area contributed by atoms with Gasteiger partial charge in [-0.15, -0.1) is 24.8 Å². The summed E-state index contributed by atoms with van der Waals surface area (Å²) in [6.07, 6.45) is 2.37. The molecule has 0 aromatic heterocycles. The first-order valence-corrected chi connectivity index (χ1v) is 11.2. The Labute approximate surface area is 202 Å². The van der Waals surface area contributed by atoms with Gasteiger partial charge in [0, 0.05) is 31.0 Å². The van der Waals surface area contributed by atoms with E-state index in [2.05, 4.69) is 34.9 Å². The van der Waals surface area contributed by atoms with Crippen LogP contribution in [0.2, 0.25) is 0 Å². The Morgan fingerprint density at radius 3 is 2.26 bits per heavy atom.